The fourth-order valence-electron chi connectivity index (χ4n) is 1.51. The molecule has 98 valence electrons. The first kappa shape index (κ1) is 13.8. The van der Waals surface area contributed by atoms with E-state index in [1.807, 2.05) is 36.6 Å². The first-order valence-corrected chi connectivity index (χ1v) is 7.02. The Bertz CT molecular complexity index is 576. The zero-order valence-corrected chi connectivity index (χ0v) is 12.0. The molecule has 1 amide bonds. The smallest absolute Gasteiger partial charge is 0.245 e. The van der Waals surface area contributed by atoms with Crippen LogP contribution in [0.3, 0.4) is 0 Å². The van der Waals surface area contributed by atoms with Crippen LogP contribution in [0, 0.1) is 0 Å². The monoisotopic (exact) mass is 292 g/mol. The van der Waals surface area contributed by atoms with Crippen LogP contribution in [-0.2, 0) is 11.2 Å². The summed E-state index contributed by atoms with van der Waals surface area (Å²) in [7, 11) is 0. The average Bonchev–Trinajstić information content (AvgIpc) is 2.89. The van der Waals surface area contributed by atoms with E-state index in [0.717, 1.165) is 16.2 Å². The molecular weight excluding hydrogens is 280 g/mol. The van der Waals surface area contributed by atoms with Crippen molar-refractivity contribution in [3.05, 3.63) is 57.2 Å². The highest BCUT2D eigenvalue weighted by Gasteiger charge is 2.03. The number of nitrogens with one attached hydrogen (secondary N) is 1. The minimum Gasteiger partial charge on any atom is -0.273 e. The van der Waals surface area contributed by atoms with Gasteiger partial charge in [0.05, 0.1) is 12.1 Å². The van der Waals surface area contributed by atoms with Gasteiger partial charge in [-0.1, -0.05) is 29.8 Å². The van der Waals surface area contributed by atoms with Gasteiger partial charge in [-0.25, -0.2) is 5.43 Å². The van der Waals surface area contributed by atoms with Crippen LogP contribution in [0.15, 0.2) is 46.9 Å². The highest BCUT2D eigenvalue weighted by atomic mass is 35.5. The number of carbonyl (C=O) groups is 1. The van der Waals surface area contributed by atoms with Crippen molar-refractivity contribution in [2.45, 2.75) is 13.3 Å². The molecule has 19 heavy (non-hydrogen) atoms. The van der Waals surface area contributed by atoms with E-state index < -0.39 is 0 Å². The summed E-state index contributed by atoms with van der Waals surface area (Å²) >= 11 is 7.37. The van der Waals surface area contributed by atoms with Crippen LogP contribution in [0.5, 0.6) is 0 Å². The Morgan fingerprint density at radius 1 is 1.32 bits per heavy atom. The Morgan fingerprint density at radius 2 is 2.05 bits per heavy atom. The molecule has 1 aromatic heterocycles. The molecule has 0 fully saturated rings. The molecule has 0 aliphatic carbocycles. The first-order valence-electron chi connectivity index (χ1n) is 5.76. The van der Waals surface area contributed by atoms with Gasteiger partial charge in [-0.05, 0) is 36.1 Å². The Labute approximate surface area is 120 Å². The van der Waals surface area contributed by atoms with E-state index in [9.17, 15) is 4.79 Å². The lowest BCUT2D eigenvalue weighted by atomic mass is 10.1. The molecule has 0 aliphatic rings. The van der Waals surface area contributed by atoms with Crippen molar-refractivity contribution >= 4 is 34.6 Å². The molecule has 0 aliphatic heterocycles. The summed E-state index contributed by atoms with van der Waals surface area (Å²) < 4.78 is 0. The van der Waals surface area contributed by atoms with Gasteiger partial charge < -0.3 is 0 Å². The van der Waals surface area contributed by atoms with Gasteiger partial charge in [0.15, 0.2) is 0 Å². The van der Waals surface area contributed by atoms with Crippen LogP contribution >= 0.6 is 22.9 Å². The minimum absolute atomic E-state index is 0.115. The van der Waals surface area contributed by atoms with Gasteiger partial charge in [0.25, 0.3) is 0 Å². The summed E-state index contributed by atoms with van der Waals surface area (Å²) in [6.45, 7) is 1.84. The molecule has 3 nitrogen and oxygen atoms in total. The van der Waals surface area contributed by atoms with Crippen molar-refractivity contribution in [2.75, 3.05) is 0 Å². The standard InChI is InChI=1S/C14H13ClN2OS/c1-10(11-4-6-12(15)7-5-11)16-17-14(18)9-13-3-2-8-19-13/h2-8H,9H2,1H3,(H,17,18)/b16-10+. The largest absolute Gasteiger partial charge is 0.273 e. The second-order valence-electron chi connectivity index (χ2n) is 4.00. The first-order chi connectivity index (χ1) is 9.15. The van der Waals surface area contributed by atoms with Crippen LogP contribution in [0.1, 0.15) is 17.4 Å². The van der Waals surface area contributed by atoms with E-state index in [1.165, 1.54) is 0 Å². The van der Waals surface area contributed by atoms with Crippen molar-refractivity contribution in [3.63, 3.8) is 0 Å². The van der Waals surface area contributed by atoms with Gasteiger partial charge in [0.1, 0.15) is 0 Å². The molecule has 0 spiro atoms. The maximum Gasteiger partial charge on any atom is 0.245 e. The van der Waals surface area contributed by atoms with Crippen LogP contribution in [0.4, 0.5) is 0 Å². The molecule has 2 aromatic rings. The lowest BCUT2D eigenvalue weighted by Gasteiger charge is -2.02. The van der Waals surface area contributed by atoms with E-state index >= 15 is 0 Å². The molecule has 1 heterocycles. The minimum atomic E-state index is -0.115. The molecule has 0 saturated heterocycles. The Kier molecular flexibility index (Phi) is 4.71. The number of carbonyl (C=O) groups excluding carboxylic acids is 1. The van der Waals surface area contributed by atoms with Crippen LogP contribution in [0.25, 0.3) is 0 Å². The van der Waals surface area contributed by atoms with Crippen LogP contribution in [0.2, 0.25) is 5.02 Å². The molecule has 5 heteroatoms. The fourth-order valence-corrected chi connectivity index (χ4v) is 2.34. The second kappa shape index (κ2) is 6.50. The predicted molar refractivity (Wildman–Crippen MR) is 79.8 cm³/mol. The number of hydrazone groups is 1. The number of benzene rings is 1. The zero-order valence-electron chi connectivity index (χ0n) is 10.4. The summed E-state index contributed by atoms with van der Waals surface area (Å²) in [6, 6.07) is 11.2. The van der Waals surface area contributed by atoms with E-state index in [4.69, 9.17) is 11.6 Å². The number of hydrogen-bond acceptors (Lipinski definition) is 3. The number of thiophene rings is 1. The third-order valence-electron chi connectivity index (χ3n) is 2.53. The van der Waals surface area contributed by atoms with Gasteiger partial charge in [0.2, 0.25) is 5.91 Å². The lowest BCUT2D eigenvalue weighted by Crippen LogP contribution is -2.20. The molecular formula is C14H13ClN2OS. The number of amides is 1. The number of nitrogens with zero attached hydrogens (tertiary/aromatic N) is 1. The van der Waals surface area contributed by atoms with Crippen molar-refractivity contribution in [1.82, 2.24) is 5.43 Å². The molecule has 1 N–H and O–H groups in total. The van der Waals surface area contributed by atoms with Crippen LogP contribution < -0.4 is 5.43 Å². The van der Waals surface area contributed by atoms with E-state index in [0.29, 0.717) is 11.4 Å². The van der Waals surface area contributed by atoms with E-state index in [2.05, 4.69) is 10.5 Å². The summed E-state index contributed by atoms with van der Waals surface area (Å²) in [5, 5.41) is 6.71. The summed E-state index contributed by atoms with van der Waals surface area (Å²) in [5.41, 5.74) is 4.23. The third kappa shape index (κ3) is 4.19. The third-order valence-corrected chi connectivity index (χ3v) is 3.65. The fraction of sp³-hybridized carbons (Fsp3) is 0.143. The molecule has 0 saturated carbocycles. The molecule has 0 radical (unpaired) electrons. The van der Waals surface area contributed by atoms with Crippen molar-refractivity contribution in [3.8, 4) is 0 Å². The highest BCUT2D eigenvalue weighted by molar-refractivity contribution is 7.10. The molecule has 0 unspecified atom stereocenters. The Hall–Kier alpha value is -1.65. The Balaban J connectivity index is 1.94. The average molecular weight is 293 g/mol. The predicted octanol–water partition coefficient (Wildman–Crippen LogP) is 3.48. The number of rotatable bonds is 4. The van der Waals surface area contributed by atoms with Gasteiger partial charge in [0, 0.05) is 9.90 Å². The van der Waals surface area contributed by atoms with Gasteiger partial charge in [-0.3, -0.25) is 4.79 Å². The van der Waals surface area contributed by atoms with Gasteiger partial charge in [-0.15, -0.1) is 11.3 Å². The normalized spacial score (nSPS) is 11.4. The van der Waals surface area contributed by atoms with E-state index in [-0.39, 0.29) is 5.91 Å². The highest BCUT2D eigenvalue weighted by Crippen LogP contribution is 2.10. The lowest BCUT2D eigenvalue weighted by molar-refractivity contribution is -0.120. The van der Waals surface area contributed by atoms with Crippen molar-refractivity contribution in [2.24, 2.45) is 5.10 Å². The van der Waals surface area contributed by atoms with Crippen LogP contribution in [-0.4, -0.2) is 11.6 Å². The molecule has 1 aromatic carbocycles. The van der Waals surface area contributed by atoms with Crippen molar-refractivity contribution in [1.29, 1.82) is 0 Å². The topological polar surface area (TPSA) is 41.5 Å². The number of hydrogen-bond donors (Lipinski definition) is 1. The van der Waals surface area contributed by atoms with E-state index in [1.54, 1.807) is 23.5 Å². The second-order valence-corrected chi connectivity index (χ2v) is 5.46. The summed E-state index contributed by atoms with van der Waals surface area (Å²) in [5.74, 6) is -0.115. The maximum absolute atomic E-state index is 11.7. The van der Waals surface area contributed by atoms with Gasteiger partial charge in [-0.2, -0.15) is 5.10 Å². The molecule has 0 atom stereocenters. The maximum atomic E-state index is 11.7. The summed E-state index contributed by atoms with van der Waals surface area (Å²) in [6.07, 6.45) is 0.356. The summed E-state index contributed by atoms with van der Waals surface area (Å²) in [4.78, 5) is 12.7. The van der Waals surface area contributed by atoms with Gasteiger partial charge >= 0.3 is 0 Å². The quantitative estimate of drug-likeness (QED) is 0.680. The number of halogens is 1. The molecule has 2 rings (SSSR count). The zero-order chi connectivity index (χ0) is 13.7. The Morgan fingerprint density at radius 3 is 2.68 bits per heavy atom. The van der Waals surface area contributed by atoms with Crippen molar-refractivity contribution < 1.29 is 4.79 Å². The SMILES string of the molecule is C/C(=N\NC(=O)Cc1cccs1)c1ccc(Cl)cc1. The molecule has 0 bridgehead atoms.